The summed E-state index contributed by atoms with van der Waals surface area (Å²) in [5.74, 6) is 1.83. The van der Waals surface area contributed by atoms with Gasteiger partial charge in [-0.1, -0.05) is 18.2 Å². The molecular weight excluding hydrogens is 422 g/mol. The zero-order valence-electron chi connectivity index (χ0n) is 19.6. The maximum Gasteiger partial charge on any atom is 0.252 e. The molecule has 0 radical (unpaired) electrons. The third-order valence-corrected chi connectivity index (χ3v) is 5.89. The van der Waals surface area contributed by atoms with E-state index in [1.54, 1.807) is 9.69 Å². The molecule has 2 N–H and O–H groups in total. The number of nitrogens with one attached hydrogen (secondary N) is 1. The fourth-order valence-corrected chi connectivity index (χ4v) is 4.23. The molecule has 0 fully saturated rings. The lowest BCUT2D eigenvalue weighted by Crippen LogP contribution is -2.54. The summed E-state index contributed by atoms with van der Waals surface area (Å²) >= 11 is 0. The van der Waals surface area contributed by atoms with Gasteiger partial charge in [-0.3, -0.25) is 9.79 Å². The van der Waals surface area contributed by atoms with E-state index in [1.807, 2.05) is 39.0 Å². The number of carbonyl (C=O) groups is 1. The molecule has 10 heteroatoms. The normalized spacial score (nSPS) is 19.8. The Morgan fingerprint density at radius 3 is 2.79 bits per heavy atom. The van der Waals surface area contributed by atoms with Crippen LogP contribution in [-0.4, -0.2) is 68.0 Å². The number of amidine groups is 2. The average Bonchev–Trinajstić information content (AvgIpc) is 3.30. The van der Waals surface area contributed by atoms with E-state index in [4.69, 9.17) is 9.84 Å². The predicted octanol–water partition coefficient (Wildman–Crippen LogP) is 1.63. The van der Waals surface area contributed by atoms with Gasteiger partial charge in [0, 0.05) is 19.4 Å². The zero-order valence-corrected chi connectivity index (χ0v) is 19.6. The van der Waals surface area contributed by atoms with Crippen molar-refractivity contribution >= 4 is 17.6 Å². The van der Waals surface area contributed by atoms with E-state index in [9.17, 15) is 9.90 Å². The smallest absolute Gasteiger partial charge is 0.252 e. The highest BCUT2D eigenvalue weighted by molar-refractivity contribution is 6.13. The van der Waals surface area contributed by atoms with Crippen LogP contribution in [0, 0.1) is 6.92 Å². The third-order valence-electron chi connectivity index (χ3n) is 5.89. The Labute approximate surface area is 193 Å². The molecule has 10 nitrogen and oxygen atoms in total. The molecule has 2 aliphatic heterocycles. The molecule has 1 amide bonds. The molecule has 0 spiro atoms. The van der Waals surface area contributed by atoms with Gasteiger partial charge in [-0.15, -0.1) is 5.10 Å². The monoisotopic (exact) mass is 453 g/mol. The molecule has 0 saturated heterocycles. The van der Waals surface area contributed by atoms with Gasteiger partial charge in [0.15, 0.2) is 11.9 Å². The molecule has 1 aromatic heterocycles. The number of aromatic nitrogens is 3. The number of ether oxygens (including phenoxy) is 1. The number of benzene rings is 1. The molecule has 1 aromatic carbocycles. The lowest BCUT2D eigenvalue weighted by Gasteiger charge is -2.30. The summed E-state index contributed by atoms with van der Waals surface area (Å²) in [4.78, 5) is 17.7. The van der Waals surface area contributed by atoms with Gasteiger partial charge in [-0.25, -0.2) is 9.69 Å². The van der Waals surface area contributed by atoms with Crippen molar-refractivity contribution in [3.63, 3.8) is 0 Å². The summed E-state index contributed by atoms with van der Waals surface area (Å²) in [6.45, 7) is 8.91. The summed E-state index contributed by atoms with van der Waals surface area (Å²) in [6, 6.07) is 5.27. The largest absolute Gasteiger partial charge is 0.493 e. The molecule has 3 heterocycles. The van der Waals surface area contributed by atoms with Gasteiger partial charge in [-0.2, -0.15) is 5.10 Å². The van der Waals surface area contributed by atoms with E-state index in [0.29, 0.717) is 36.7 Å². The van der Waals surface area contributed by atoms with Gasteiger partial charge in [0.2, 0.25) is 0 Å². The number of fused-ring (bicyclic) bond motifs is 1. The molecule has 2 unspecified atom stereocenters. The van der Waals surface area contributed by atoms with Crippen molar-refractivity contribution in [2.75, 3.05) is 13.2 Å². The molecule has 176 valence electrons. The molecule has 2 aromatic rings. The highest BCUT2D eigenvalue weighted by Gasteiger charge is 2.42. The van der Waals surface area contributed by atoms with Crippen molar-refractivity contribution in [2.45, 2.75) is 65.6 Å². The Kier molecular flexibility index (Phi) is 6.73. The van der Waals surface area contributed by atoms with Crippen LogP contribution >= 0.6 is 0 Å². The van der Waals surface area contributed by atoms with Crippen molar-refractivity contribution in [3.05, 3.63) is 40.7 Å². The number of nitrogens with zero attached hydrogens (tertiary/aromatic N) is 6. The quantitative estimate of drug-likeness (QED) is 0.596. The van der Waals surface area contributed by atoms with Crippen LogP contribution in [0.4, 0.5) is 0 Å². The second kappa shape index (κ2) is 9.70. The Morgan fingerprint density at radius 2 is 2.06 bits per heavy atom. The fourth-order valence-electron chi connectivity index (χ4n) is 4.23. The first-order valence-electron chi connectivity index (χ1n) is 11.5. The van der Waals surface area contributed by atoms with Crippen LogP contribution in [0.15, 0.2) is 28.3 Å². The predicted molar refractivity (Wildman–Crippen MR) is 124 cm³/mol. The summed E-state index contributed by atoms with van der Waals surface area (Å²) in [6.07, 6.45) is 2.17. The maximum atomic E-state index is 13.0. The molecule has 2 aliphatic rings. The Bertz CT molecular complexity index is 1090. The highest BCUT2D eigenvalue weighted by atomic mass is 16.5. The summed E-state index contributed by atoms with van der Waals surface area (Å²) in [5, 5.41) is 27.1. The van der Waals surface area contributed by atoms with Crippen LogP contribution in [0.3, 0.4) is 0 Å². The minimum absolute atomic E-state index is 0.0334. The molecule has 4 rings (SSSR count). The lowest BCUT2D eigenvalue weighted by molar-refractivity contribution is -0.124. The third kappa shape index (κ3) is 4.47. The SMILES string of the molecule is CCCC1=NC(C)C2C(=O)NC(c3cc(Cn4nnc(CCO)c4C)ccc3OCC)=NN12. The van der Waals surface area contributed by atoms with Crippen LogP contribution in [0.1, 0.15) is 56.1 Å². The molecule has 0 saturated carbocycles. The van der Waals surface area contributed by atoms with E-state index in [0.717, 1.165) is 35.6 Å². The second-order valence-electron chi connectivity index (χ2n) is 8.28. The van der Waals surface area contributed by atoms with Crippen LogP contribution in [0.2, 0.25) is 0 Å². The molecular formula is C23H31N7O3. The fraction of sp³-hybridized carbons (Fsp3) is 0.522. The number of hydrogen-bond acceptors (Lipinski definition) is 8. The Balaban J connectivity index is 1.69. The van der Waals surface area contributed by atoms with Gasteiger partial charge in [0.25, 0.3) is 5.91 Å². The number of hydrogen-bond donors (Lipinski definition) is 2. The summed E-state index contributed by atoms with van der Waals surface area (Å²) in [5.41, 5.74) is 3.37. The number of carbonyl (C=O) groups excluding carboxylic acids is 1. The average molecular weight is 454 g/mol. The van der Waals surface area contributed by atoms with Crippen LogP contribution in [0.5, 0.6) is 5.75 Å². The van der Waals surface area contributed by atoms with Crippen molar-refractivity contribution in [1.29, 1.82) is 0 Å². The van der Waals surface area contributed by atoms with Crippen LogP contribution < -0.4 is 10.1 Å². The topological polar surface area (TPSA) is 117 Å². The minimum Gasteiger partial charge on any atom is -0.493 e. The van der Waals surface area contributed by atoms with Crippen LogP contribution in [-0.2, 0) is 17.8 Å². The van der Waals surface area contributed by atoms with Gasteiger partial charge < -0.3 is 15.2 Å². The minimum atomic E-state index is -0.420. The number of amides is 1. The first kappa shape index (κ1) is 22.9. The first-order chi connectivity index (χ1) is 16.0. The number of aliphatic hydroxyl groups excluding tert-OH is 1. The Morgan fingerprint density at radius 1 is 1.24 bits per heavy atom. The molecule has 2 atom stereocenters. The van der Waals surface area contributed by atoms with Gasteiger partial charge in [0.1, 0.15) is 11.6 Å². The molecule has 0 bridgehead atoms. The number of rotatable bonds is 9. The number of hydrazone groups is 1. The highest BCUT2D eigenvalue weighted by Crippen LogP contribution is 2.27. The van der Waals surface area contributed by atoms with E-state index >= 15 is 0 Å². The van der Waals surface area contributed by atoms with E-state index in [1.165, 1.54) is 0 Å². The summed E-state index contributed by atoms with van der Waals surface area (Å²) < 4.78 is 7.66. The van der Waals surface area contributed by atoms with Crippen LogP contribution in [0.25, 0.3) is 0 Å². The first-order valence-corrected chi connectivity index (χ1v) is 11.5. The lowest BCUT2D eigenvalue weighted by atomic mass is 10.1. The van der Waals surface area contributed by atoms with E-state index in [2.05, 4.69) is 27.5 Å². The second-order valence-corrected chi connectivity index (χ2v) is 8.28. The zero-order chi connectivity index (χ0) is 23.5. The van der Waals surface area contributed by atoms with Crippen molar-refractivity contribution in [1.82, 2.24) is 25.3 Å². The van der Waals surface area contributed by atoms with Crippen molar-refractivity contribution in [2.24, 2.45) is 10.1 Å². The van der Waals surface area contributed by atoms with Crippen molar-refractivity contribution < 1.29 is 14.6 Å². The maximum absolute atomic E-state index is 13.0. The van der Waals surface area contributed by atoms with Gasteiger partial charge in [-0.05, 0) is 44.9 Å². The van der Waals surface area contributed by atoms with Gasteiger partial charge in [0.05, 0.1) is 36.1 Å². The molecule has 33 heavy (non-hydrogen) atoms. The molecule has 0 aliphatic carbocycles. The Hall–Kier alpha value is -3.27. The summed E-state index contributed by atoms with van der Waals surface area (Å²) in [7, 11) is 0. The van der Waals surface area contributed by atoms with E-state index in [-0.39, 0.29) is 18.6 Å². The van der Waals surface area contributed by atoms with E-state index < -0.39 is 6.04 Å². The number of aliphatic hydroxyl groups is 1. The number of aliphatic imine (C=N–C) groups is 1. The van der Waals surface area contributed by atoms with Crippen molar-refractivity contribution in [3.8, 4) is 5.75 Å². The standard InChI is InChI=1S/C23H31N7O3/c1-5-7-20-24-14(3)21-23(32)25-22(27-30(20)21)17-12-16(8-9-19(17)33-6-2)13-29-15(4)18(10-11-31)26-28-29/h8-9,12,14,21,31H,5-7,10-11,13H2,1-4H3,(H,25,27,32). The van der Waals surface area contributed by atoms with Gasteiger partial charge >= 0.3 is 0 Å².